The maximum absolute atomic E-state index is 11.9. The molecule has 1 heterocycles. The Hall–Kier alpha value is -2.20. The summed E-state index contributed by atoms with van der Waals surface area (Å²) in [4.78, 5) is 22.3. The number of carbonyl (C=O) groups excluding carboxylic acids is 1. The van der Waals surface area contributed by atoms with Crippen molar-refractivity contribution in [2.75, 3.05) is 22.9 Å². The SMILES string of the molecule is CCCNc1nnc(SCC(=O)Nc2ccccc2[N+](=O)[O-])s1. The highest BCUT2D eigenvalue weighted by Gasteiger charge is 2.15. The monoisotopic (exact) mass is 353 g/mol. The molecule has 0 bridgehead atoms. The Morgan fingerprint density at radius 3 is 2.91 bits per heavy atom. The van der Waals surface area contributed by atoms with Gasteiger partial charge in [-0.2, -0.15) is 0 Å². The van der Waals surface area contributed by atoms with Crippen molar-refractivity contribution in [2.24, 2.45) is 0 Å². The lowest BCUT2D eigenvalue weighted by Gasteiger charge is -2.04. The van der Waals surface area contributed by atoms with Crippen LogP contribution in [0.15, 0.2) is 28.6 Å². The summed E-state index contributed by atoms with van der Waals surface area (Å²) in [5, 5.41) is 25.2. The van der Waals surface area contributed by atoms with Gasteiger partial charge in [0, 0.05) is 12.6 Å². The van der Waals surface area contributed by atoms with Crippen LogP contribution in [0, 0.1) is 10.1 Å². The lowest BCUT2D eigenvalue weighted by atomic mass is 10.2. The second-order valence-corrected chi connectivity index (χ2v) is 6.61. The van der Waals surface area contributed by atoms with E-state index in [0.717, 1.165) is 13.0 Å². The molecule has 0 spiro atoms. The minimum absolute atomic E-state index is 0.106. The van der Waals surface area contributed by atoms with E-state index in [1.54, 1.807) is 12.1 Å². The zero-order valence-electron chi connectivity index (χ0n) is 12.3. The fourth-order valence-electron chi connectivity index (χ4n) is 1.62. The fraction of sp³-hybridized carbons (Fsp3) is 0.308. The molecule has 0 unspecified atom stereocenters. The number of nitro benzene ring substituents is 1. The van der Waals surface area contributed by atoms with Gasteiger partial charge in [0.05, 0.1) is 10.7 Å². The molecule has 0 aliphatic carbocycles. The summed E-state index contributed by atoms with van der Waals surface area (Å²) in [7, 11) is 0. The van der Waals surface area contributed by atoms with Crippen LogP contribution in [0.5, 0.6) is 0 Å². The third-order valence-corrected chi connectivity index (χ3v) is 4.65. The summed E-state index contributed by atoms with van der Waals surface area (Å²) < 4.78 is 0.668. The van der Waals surface area contributed by atoms with Crippen molar-refractivity contribution in [3.63, 3.8) is 0 Å². The zero-order chi connectivity index (χ0) is 16.7. The van der Waals surface area contributed by atoms with Gasteiger partial charge in [-0.1, -0.05) is 42.2 Å². The standard InChI is InChI=1S/C13H15N5O3S2/c1-2-7-14-12-16-17-13(23-12)22-8-11(19)15-9-5-3-4-6-10(9)18(20)21/h3-6H,2,7-8H2,1H3,(H,14,16)(H,15,19). The molecule has 2 rings (SSSR count). The van der Waals surface area contributed by atoms with Gasteiger partial charge in [-0.05, 0) is 12.5 Å². The molecule has 2 N–H and O–H groups in total. The summed E-state index contributed by atoms with van der Waals surface area (Å²) in [6.45, 7) is 2.87. The predicted octanol–water partition coefficient (Wildman–Crippen LogP) is 3.00. The van der Waals surface area contributed by atoms with Crippen LogP contribution in [0.25, 0.3) is 0 Å². The van der Waals surface area contributed by atoms with E-state index >= 15 is 0 Å². The van der Waals surface area contributed by atoms with E-state index in [1.807, 2.05) is 0 Å². The quantitative estimate of drug-likeness (QED) is 0.426. The number of benzene rings is 1. The normalized spacial score (nSPS) is 10.3. The average molecular weight is 353 g/mol. The zero-order valence-corrected chi connectivity index (χ0v) is 13.9. The van der Waals surface area contributed by atoms with Crippen molar-refractivity contribution in [1.29, 1.82) is 0 Å². The van der Waals surface area contributed by atoms with Gasteiger partial charge in [-0.25, -0.2) is 0 Å². The molecule has 2 aromatic rings. The van der Waals surface area contributed by atoms with E-state index in [9.17, 15) is 14.9 Å². The molecule has 1 aromatic heterocycles. The van der Waals surface area contributed by atoms with Crippen molar-refractivity contribution in [3.8, 4) is 0 Å². The topological polar surface area (TPSA) is 110 Å². The van der Waals surface area contributed by atoms with E-state index in [0.29, 0.717) is 9.47 Å². The van der Waals surface area contributed by atoms with Crippen LogP contribution >= 0.6 is 23.1 Å². The Morgan fingerprint density at radius 1 is 1.39 bits per heavy atom. The van der Waals surface area contributed by atoms with Crippen LogP contribution in [0.1, 0.15) is 13.3 Å². The molecule has 1 amide bonds. The van der Waals surface area contributed by atoms with Crippen molar-refractivity contribution in [2.45, 2.75) is 17.7 Å². The second kappa shape index (κ2) is 8.44. The lowest BCUT2D eigenvalue weighted by molar-refractivity contribution is -0.383. The number of carbonyl (C=O) groups is 1. The minimum Gasteiger partial charge on any atom is -0.360 e. The van der Waals surface area contributed by atoms with Crippen molar-refractivity contribution >= 4 is 45.5 Å². The smallest absolute Gasteiger partial charge is 0.292 e. The predicted molar refractivity (Wildman–Crippen MR) is 91.1 cm³/mol. The number of rotatable bonds is 8. The lowest BCUT2D eigenvalue weighted by Crippen LogP contribution is -2.15. The number of nitrogens with one attached hydrogen (secondary N) is 2. The van der Waals surface area contributed by atoms with E-state index < -0.39 is 4.92 Å². The highest BCUT2D eigenvalue weighted by Crippen LogP contribution is 2.27. The van der Waals surface area contributed by atoms with Gasteiger partial charge in [-0.15, -0.1) is 10.2 Å². The average Bonchev–Trinajstić information content (AvgIpc) is 2.99. The first kappa shape index (κ1) is 17.2. The first-order valence-corrected chi connectivity index (χ1v) is 8.63. The Kier molecular flexibility index (Phi) is 6.29. The number of nitrogens with zero attached hydrogens (tertiary/aromatic N) is 3. The molecule has 0 fully saturated rings. The van der Waals surface area contributed by atoms with E-state index in [2.05, 4.69) is 27.8 Å². The van der Waals surface area contributed by atoms with Gasteiger partial charge in [0.2, 0.25) is 11.0 Å². The summed E-state index contributed by atoms with van der Waals surface area (Å²) in [5.74, 6) is -0.225. The van der Waals surface area contributed by atoms with E-state index in [1.165, 1.54) is 35.2 Å². The van der Waals surface area contributed by atoms with Gasteiger partial charge < -0.3 is 10.6 Å². The first-order chi connectivity index (χ1) is 11.1. The minimum atomic E-state index is -0.529. The maximum atomic E-state index is 11.9. The molecule has 10 heteroatoms. The number of nitro groups is 1. The number of aromatic nitrogens is 2. The molecular formula is C13H15N5O3S2. The summed E-state index contributed by atoms with van der Waals surface area (Å²) in [5.41, 5.74) is 0.0542. The molecule has 8 nitrogen and oxygen atoms in total. The number of anilines is 2. The molecule has 0 atom stereocenters. The Morgan fingerprint density at radius 2 is 2.17 bits per heavy atom. The van der Waals surface area contributed by atoms with Crippen molar-refractivity contribution < 1.29 is 9.72 Å². The Balaban J connectivity index is 1.88. The van der Waals surface area contributed by atoms with Gasteiger partial charge >= 0.3 is 0 Å². The van der Waals surface area contributed by atoms with Gasteiger partial charge in [0.1, 0.15) is 5.69 Å². The Bertz CT molecular complexity index is 692. The second-order valence-electron chi connectivity index (χ2n) is 4.41. The summed E-state index contributed by atoms with van der Waals surface area (Å²) >= 11 is 2.61. The maximum Gasteiger partial charge on any atom is 0.292 e. The summed E-state index contributed by atoms with van der Waals surface area (Å²) in [6.07, 6.45) is 0.986. The number of hydrogen-bond donors (Lipinski definition) is 2. The van der Waals surface area contributed by atoms with E-state index in [4.69, 9.17) is 0 Å². The van der Waals surface area contributed by atoms with Crippen LogP contribution in [0.2, 0.25) is 0 Å². The molecule has 0 aliphatic heterocycles. The van der Waals surface area contributed by atoms with Crippen LogP contribution < -0.4 is 10.6 Å². The van der Waals surface area contributed by atoms with Gasteiger partial charge in [-0.3, -0.25) is 14.9 Å². The van der Waals surface area contributed by atoms with Crippen molar-refractivity contribution in [3.05, 3.63) is 34.4 Å². The van der Waals surface area contributed by atoms with E-state index in [-0.39, 0.29) is 23.0 Å². The molecule has 0 saturated heterocycles. The highest BCUT2D eigenvalue weighted by molar-refractivity contribution is 8.01. The molecule has 0 saturated carbocycles. The number of thioether (sulfide) groups is 1. The fourth-order valence-corrected chi connectivity index (χ4v) is 3.20. The van der Waals surface area contributed by atoms with Gasteiger partial charge in [0.25, 0.3) is 5.69 Å². The van der Waals surface area contributed by atoms with Crippen LogP contribution in [0.3, 0.4) is 0 Å². The Labute approximate surface area is 140 Å². The van der Waals surface area contributed by atoms with Crippen LogP contribution in [0.4, 0.5) is 16.5 Å². The number of amides is 1. The number of hydrogen-bond acceptors (Lipinski definition) is 8. The first-order valence-electron chi connectivity index (χ1n) is 6.83. The van der Waals surface area contributed by atoms with Gasteiger partial charge in [0.15, 0.2) is 4.34 Å². The molecule has 1 aromatic carbocycles. The molecular weight excluding hydrogens is 338 g/mol. The molecule has 23 heavy (non-hydrogen) atoms. The molecule has 0 radical (unpaired) electrons. The number of para-hydroxylation sites is 2. The molecule has 122 valence electrons. The van der Waals surface area contributed by atoms with Crippen molar-refractivity contribution in [1.82, 2.24) is 10.2 Å². The highest BCUT2D eigenvalue weighted by atomic mass is 32.2. The third-order valence-electron chi connectivity index (χ3n) is 2.63. The largest absolute Gasteiger partial charge is 0.360 e. The van der Waals surface area contributed by atoms with Crippen LogP contribution in [-0.2, 0) is 4.79 Å². The summed E-state index contributed by atoms with van der Waals surface area (Å²) in [6, 6.07) is 6.03. The molecule has 0 aliphatic rings. The third kappa shape index (κ3) is 5.18. The van der Waals surface area contributed by atoms with Crippen LogP contribution in [-0.4, -0.2) is 33.3 Å².